The Hall–Kier alpha value is -1.69. The number of nitrogens with one attached hydrogen (secondary N) is 1. The van der Waals surface area contributed by atoms with Crippen molar-refractivity contribution in [1.82, 2.24) is 5.32 Å². The third-order valence-corrected chi connectivity index (χ3v) is 2.78. The Morgan fingerprint density at radius 3 is 2.52 bits per heavy atom. The van der Waals surface area contributed by atoms with E-state index in [0.717, 1.165) is 6.07 Å². The summed E-state index contributed by atoms with van der Waals surface area (Å²) >= 11 is 5.39. The monoisotopic (exact) mass is 319 g/mol. The van der Waals surface area contributed by atoms with Gasteiger partial charge in [0.15, 0.2) is 0 Å². The number of hydrogen-bond donors (Lipinski definition) is 1. The van der Waals surface area contributed by atoms with Crippen LogP contribution in [0.1, 0.15) is 31.9 Å². The Morgan fingerprint density at radius 2 is 2.00 bits per heavy atom. The van der Waals surface area contributed by atoms with Crippen LogP contribution in [0.15, 0.2) is 18.2 Å². The molecule has 0 aliphatic heterocycles. The third kappa shape index (κ3) is 5.67. The predicted molar refractivity (Wildman–Crippen MR) is 73.8 cm³/mol. The van der Waals surface area contributed by atoms with Crippen molar-refractivity contribution < 1.29 is 23.1 Å². The number of esters is 1. The molecule has 1 unspecified atom stereocenters. The first-order chi connectivity index (χ1) is 9.83. The average Bonchev–Trinajstić information content (AvgIpc) is 2.36. The number of ether oxygens (including phenoxy) is 1. The Labute approximate surface area is 126 Å². The summed E-state index contributed by atoms with van der Waals surface area (Å²) in [5.41, 5.74) is -0.00410. The average molecular weight is 320 g/mol. The van der Waals surface area contributed by atoms with Gasteiger partial charge in [-0.1, -0.05) is 6.07 Å². The van der Waals surface area contributed by atoms with Gasteiger partial charge in [0.05, 0.1) is 18.6 Å². The Bertz CT molecular complexity index is 523. The van der Waals surface area contributed by atoms with E-state index in [9.17, 15) is 18.4 Å². The molecule has 0 saturated carbocycles. The molecule has 0 radical (unpaired) electrons. The van der Waals surface area contributed by atoms with Crippen molar-refractivity contribution in [3.05, 3.63) is 35.4 Å². The molecular formula is C14H16ClF2NO3. The van der Waals surface area contributed by atoms with Crippen molar-refractivity contribution in [2.45, 2.75) is 32.4 Å². The van der Waals surface area contributed by atoms with E-state index in [0.29, 0.717) is 6.07 Å². The fourth-order valence-corrected chi connectivity index (χ4v) is 1.81. The fourth-order valence-electron chi connectivity index (χ4n) is 1.73. The summed E-state index contributed by atoms with van der Waals surface area (Å²) in [5, 5.41) is 2.41. The fraction of sp³-hybridized carbons (Fsp3) is 0.429. The van der Waals surface area contributed by atoms with Crippen LogP contribution in [0.4, 0.5) is 8.78 Å². The van der Waals surface area contributed by atoms with E-state index in [4.69, 9.17) is 16.3 Å². The zero-order chi connectivity index (χ0) is 16.0. The standard InChI is InChI=1S/C14H16ClF2NO3/c1-8(2)21-14(20)6-12(18-13(19)7-15)10-4-3-9(16)5-11(10)17/h3-5,8,12H,6-7H2,1-2H3,(H,18,19). The van der Waals surface area contributed by atoms with Gasteiger partial charge in [-0.3, -0.25) is 9.59 Å². The number of alkyl halides is 1. The molecule has 1 rings (SSSR count). The summed E-state index contributed by atoms with van der Waals surface area (Å²) in [6.45, 7) is 3.34. The predicted octanol–water partition coefficient (Wildman–Crippen LogP) is 2.70. The summed E-state index contributed by atoms with van der Waals surface area (Å²) in [6.07, 6.45) is -0.608. The van der Waals surface area contributed by atoms with Gasteiger partial charge < -0.3 is 10.1 Å². The first-order valence-corrected chi connectivity index (χ1v) is 6.86. The Morgan fingerprint density at radius 1 is 1.33 bits per heavy atom. The lowest BCUT2D eigenvalue weighted by Gasteiger charge is -2.19. The molecule has 7 heteroatoms. The van der Waals surface area contributed by atoms with Crippen molar-refractivity contribution >= 4 is 23.5 Å². The van der Waals surface area contributed by atoms with E-state index in [2.05, 4.69) is 5.32 Å². The van der Waals surface area contributed by atoms with Crippen LogP contribution in [0.2, 0.25) is 0 Å². The second-order valence-electron chi connectivity index (χ2n) is 4.66. The molecule has 0 aliphatic rings. The van der Waals surface area contributed by atoms with Crippen LogP contribution in [0.25, 0.3) is 0 Å². The van der Waals surface area contributed by atoms with E-state index in [1.807, 2.05) is 0 Å². The molecule has 1 N–H and O–H groups in total. The molecule has 21 heavy (non-hydrogen) atoms. The summed E-state index contributed by atoms with van der Waals surface area (Å²) in [7, 11) is 0. The summed E-state index contributed by atoms with van der Waals surface area (Å²) in [5.74, 6) is -3.11. The molecule has 0 saturated heterocycles. The van der Waals surface area contributed by atoms with Crippen LogP contribution in [-0.2, 0) is 14.3 Å². The highest BCUT2D eigenvalue weighted by Gasteiger charge is 2.22. The van der Waals surface area contributed by atoms with Crippen molar-refractivity contribution in [2.75, 3.05) is 5.88 Å². The normalized spacial score (nSPS) is 12.1. The number of benzene rings is 1. The number of amides is 1. The smallest absolute Gasteiger partial charge is 0.308 e. The molecule has 0 aliphatic carbocycles. The minimum Gasteiger partial charge on any atom is -0.463 e. The topological polar surface area (TPSA) is 55.4 Å². The van der Waals surface area contributed by atoms with Gasteiger partial charge in [0.2, 0.25) is 5.91 Å². The largest absolute Gasteiger partial charge is 0.463 e. The maximum absolute atomic E-state index is 13.8. The Kier molecular flexibility index (Phi) is 6.55. The van der Waals surface area contributed by atoms with Gasteiger partial charge in [0, 0.05) is 11.6 Å². The van der Waals surface area contributed by atoms with Crippen LogP contribution in [-0.4, -0.2) is 23.9 Å². The molecule has 1 aromatic carbocycles. The van der Waals surface area contributed by atoms with Crippen LogP contribution in [0.5, 0.6) is 0 Å². The quantitative estimate of drug-likeness (QED) is 0.648. The summed E-state index contributed by atoms with van der Waals surface area (Å²) in [6, 6.07) is 1.93. The summed E-state index contributed by atoms with van der Waals surface area (Å²) in [4.78, 5) is 23.1. The minimum atomic E-state index is -0.969. The van der Waals surface area contributed by atoms with Gasteiger partial charge in [-0.25, -0.2) is 8.78 Å². The van der Waals surface area contributed by atoms with E-state index in [1.54, 1.807) is 13.8 Å². The Balaban J connectivity index is 2.95. The minimum absolute atomic E-state index is 0.00410. The third-order valence-electron chi connectivity index (χ3n) is 2.53. The molecule has 0 heterocycles. The molecule has 0 spiro atoms. The highest BCUT2D eigenvalue weighted by molar-refractivity contribution is 6.27. The lowest BCUT2D eigenvalue weighted by Crippen LogP contribution is -2.32. The zero-order valence-electron chi connectivity index (χ0n) is 11.7. The molecule has 1 amide bonds. The molecule has 116 valence electrons. The molecule has 1 atom stereocenters. The van der Waals surface area contributed by atoms with Gasteiger partial charge in [-0.2, -0.15) is 0 Å². The SMILES string of the molecule is CC(C)OC(=O)CC(NC(=O)CCl)c1ccc(F)cc1F. The van der Waals surface area contributed by atoms with E-state index in [1.165, 1.54) is 6.07 Å². The van der Waals surface area contributed by atoms with Gasteiger partial charge in [0.1, 0.15) is 17.5 Å². The van der Waals surface area contributed by atoms with E-state index < -0.39 is 29.6 Å². The van der Waals surface area contributed by atoms with Crippen LogP contribution in [0, 0.1) is 11.6 Å². The highest BCUT2D eigenvalue weighted by Crippen LogP contribution is 2.22. The number of carbonyl (C=O) groups is 2. The molecule has 1 aromatic rings. The van der Waals surface area contributed by atoms with E-state index >= 15 is 0 Å². The first kappa shape index (κ1) is 17.4. The molecular weight excluding hydrogens is 304 g/mol. The van der Waals surface area contributed by atoms with Gasteiger partial charge >= 0.3 is 5.97 Å². The van der Waals surface area contributed by atoms with Crippen LogP contribution in [0.3, 0.4) is 0 Å². The molecule has 0 bridgehead atoms. The van der Waals surface area contributed by atoms with Crippen molar-refractivity contribution in [1.29, 1.82) is 0 Å². The van der Waals surface area contributed by atoms with Gasteiger partial charge in [0.25, 0.3) is 0 Å². The lowest BCUT2D eigenvalue weighted by atomic mass is 10.0. The number of halogens is 3. The molecule has 0 aromatic heterocycles. The van der Waals surface area contributed by atoms with Gasteiger partial charge in [-0.15, -0.1) is 11.6 Å². The number of hydrogen-bond acceptors (Lipinski definition) is 3. The van der Waals surface area contributed by atoms with Gasteiger partial charge in [-0.05, 0) is 19.9 Å². The molecule has 0 fully saturated rings. The van der Waals surface area contributed by atoms with Crippen LogP contribution >= 0.6 is 11.6 Å². The highest BCUT2D eigenvalue weighted by atomic mass is 35.5. The maximum atomic E-state index is 13.8. The van der Waals surface area contributed by atoms with E-state index in [-0.39, 0.29) is 24.0 Å². The van der Waals surface area contributed by atoms with Crippen LogP contribution < -0.4 is 5.32 Å². The zero-order valence-corrected chi connectivity index (χ0v) is 12.4. The second-order valence-corrected chi connectivity index (χ2v) is 4.93. The van der Waals surface area contributed by atoms with Crippen molar-refractivity contribution in [2.24, 2.45) is 0 Å². The van der Waals surface area contributed by atoms with Crippen molar-refractivity contribution in [3.8, 4) is 0 Å². The number of rotatable bonds is 6. The van der Waals surface area contributed by atoms with Crippen molar-refractivity contribution in [3.63, 3.8) is 0 Å². The number of carbonyl (C=O) groups excluding carboxylic acids is 2. The second kappa shape index (κ2) is 7.93. The lowest BCUT2D eigenvalue weighted by molar-refractivity contribution is -0.148. The summed E-state index contributed by atoms with van der Waals surface area (Å²) < 4.78 is 31.7. The first-order valence-electron chi connectivity index (χ1n) is 6.33. The molecule has 4 nitrogen and oxygen atoms in total. The maximum Gasteiger partial charge on any atom is 0.308 e.